The highest BCUT2D eigenvalue weighted by molar-refractivity contribution is 14.0. The number of aliphatic hydroxyl groups excluding tert-OH is 1. The van der Waals surface area contributed by atoms with Gasteiger partial charge in [0.1, 0.15) is 5.75 Å². The Labute approximate surface area is 153 Å². The summed E-state index contributed by atoms with van der Waals surface area (Å²) >= 11 is 0. The van der Waals surface area contributed by atoms with Crippen LogP contribution in [-0.2, 0) is 6.42 Å². The Morgan fingerprint density at radius 2 is 1.83 bits per heavy atom. The van der Waals surface area contributed by atoms with Crippen LogP contribution in [0.2, 0.25) is 0 Å². The summed E-state index contributed by atoms with van der Waals surface area (Å²) in [6.45, 7) is 0.239. The van der Waals surface area contributed by atoms with Gasteiger partial charge in [-0.1, -0.05) is 42.5 Å². The van der Waals surface area contributed by atoms with E-state index in [9.17, 15) is 5.11 Å². The van der Waals surface area contributed by atoms with Gasteiger partial charge >= 0.3 is 0 Å². The summed E-state index contributed by atoms with van der Waals surface area (Å²) < 4.78 is 5.23. The number of nitrogens with two attached hydrogens (primary N) is 1. The van der Waals surface area contributed by atoms with Gasteiger partial charge in [-0.2, -0.15) is 0 Å². The van der Waals surface area contributed by atoms with Gasteiger partial charge in [-0.3, -0.25) is 4.99 Å². The van der Waals surface area contributed by atoms with E-state index in [1.807, 2.05) is 54.6 Å². The van der Waals surface area contributed by atoms with Crippen LogP contribution in [0.5, 0.6) is 5.75 Å². The lowest BCUT2D eigenvalue weighted by atomic mass is 10.1. The topological polar surface area (TPSA) is 79.9 Å². The zero-order chi connectivity index (χ0) is 15.8. The molecular weight excluding hydrogens is 405 g/mol. The van der Waals surface area contributed by atoms with Crippen molar-refractivity contribution in [1.82, 2.24) is 0 Å². The molecule has 2 rings (SSSR count). The van der Waals surface area contributed by atoms with Crippen LogP contribution in [0.4, 0.5) is 5.69 Å². The Bertz CT molecular complexity index is 620. The van der Waals surface area contributed by atoms with Crippen LogP contribution in [0.25, 0.3) is 0 Å². The minimum atomic E-state index is -0.569. The van der Waals surface area contributed by atoms with Crippen LogP contribution in [0, 0.1) is 0 Å². The maximum atomic E-state index is 10.0. The maximum Gasteiger partial charge on any atom is 0.193 e. The average molecular weight is 427 g/mol. The minimum Gasteiger partial charge on any atom is -0.495 e. The summed E-state index contributed by atoms with van der Waals surface area (Å²) in [6, 6.07) is 17.2. The zero-order valence-corrected chi connectivity index (χ0v) is 15.3. The summed E-state index contributed by atoms with van der Waals surface area (Å²) in [6.07, 6.45) is -0.0212. The highest BCUT2D eigenvalue weighted by atomic mass is 127. The van der Waals surface area contributed by atoms with E-state index < -0.39 is 6.10 Å². The predicted molar refractivity (Wildman–Crippen MR) is 105 cm³/mol. The number of para-hydroxylation sites is 2. The zero-order valence-electron chi connectivity index (χ0n) is 13.0. The van der Waals surface area contributed by atoms with Crippen molar-refractivity contribution in [2.45, 2.75) is 12.5 Å². The number of aliphatic hydroxyl groups is 1. The van der Waals surface area contributed by atoms with Gasteiger partial charge in [-0.25, -0.2) is 0 Å². The van der Waals surface area contributed by atoms with Gasteiger partial charge in [0.15, 0.2) is 5.96 Å². The molecule has 2 aromatic carbocycles. The molecule has 1 atom stereocenters. The van der Waals surface area contributed by atoms with Gasteiger partial charge in [-0.15, -0.1) is 24.0 Å². The number of hydrogen-bond acceptors (Lipinski definition) is 3. The second kappa shape index (κ2) is 10.1. The Morgan fingerprint density at radius 1 is 1.17 bits per heavy atom. The third kappa shape index (κ3) is 6.45. The first-order valence-electron chi connectivity index (χ1n) is 7.11. The highest BCUT2D eigenvalue weighted by Gasteiger charge is 2.06. The van der Waals surface area contributed by atoms with Gasteiger partial charge in [0.25, 0.3) is 0 Å². The van der Waals surface area contributed by atoms with Crippen LogP contribution in [0.1, 0.15) is 5.56 Å². The predicted octanol–water partition coefficient (Wildman–Crippen LogP) is 2.64. The number of anilines is 1. The number of nitrogens with one attached hydrogen (secondary N) is 1. The number of benzene rings is 2. The molecule has 1 unspecified atom stereocenters. The van der Waals surface area contributed by atoms with E-state index in [4.69, 9.17) is 10.5 Å². The van der Waals surface area contributed by atoms with Gasteiger partial charge < -0.3 is 20.9 Å². The summed E-state index contributed by atoms with van der Waals surface area (Å²) in [7, 11) is 1.59. The van der Waals surface area contributed by atoms with Crippen molar-refractivity contribution in [3.63, 3.8) is 0 Å². The van der Waals surface area contributed by atoms with Crippen molar-refractivity contribution in [3.05, 3.63) is 60.2 Å². The second-order valence-corrected chi connectivity index (χ2v) is 4.89. The average Bonchev–Trinajstić information content (AvgIpc) is 2.54. The lowest BCUT2D eigenvalue weighted by Crippen LogP contribution is -2.25. The number of guanidine groups is 1. The number of nitrogens with zero attached hydrogens (tertiary/aromatic N) is 1. The monoisotopic (exact) mass is 427 g/mol. The number of aliphatic imine (C=N–C) groups is 1. The Balaban J connectivity index is 0.00000264. The third-order valence-corrected chi connectivity index (χ3v) is 3.16. The molecule has 0 amide bonds. The first-order chi connectivity index (χ1) is 10.7. The smallest absolute Gasteiger partial charge is 0.193 e. The molecule has 0 aliphatic carbocycles. The number of rotatable bonds is 6. The molecule has 0 aliphatic rings. The maximum absolute atomic E-state index is 10.0. The summed E-state index contributed by atoms with van der Waals surface area (Å²) in [4.78, 5) is 4.17. The largest absolute Gasteiger partial charge is 0.495 e. The van der Waals surface area contributed by atoms with E-state index in [-0.39, 0.29) is 36.5 Å². The molecule has 0 saturated carbocycles. The molecule has 23 heavy (non-hydrogen) atoms. The normalized spacial score (nSPS) is 12.2. The minimum absolute atomic E-state index is 0. The van der Waals surface area contributed by atoms with E-state index in [1.54, 1.807) is 7.11 Å². The van der Waals surface area contributed by atoms with E-state index in [0.29, 0.717) is 12.2 Å². The fourth-order valence-corrected chi connectivity index (χ4v) is 2.08. The molecule has 2 aromatic rings. The molecule has 124 valence electrons. The SMILES string of the molecule is COc1ccccc1NC(N)=NCC(O)Cc1ccccc1.I. The quantitative estimate of drug-likeness (QED) is 0.376. The lowest BCUT2D eigenvalue weighted by molar-refractivity contribution is 0.184. The molecule has 0 saturated heterocycles. The molecule has 4 N–H and O–H groups in total. The fraction of sp³-hybridized carbons (Fsp3) is 0.235. The summed E-state index contributed by atoms with van der Waals surface area (Å²) in [5, 5.41) is 13.0. The van der Waals surface area contributed by atoms with Crippen LogP contribution in [0.3, 0.4) is 0 Å². The van der Waals surface area contributed by atoms with Crippen LogP contribution in [0.15, 0.2) is 59.6 Å². The first kappa shape index (κ1) is 19.2. The Hall–Kier alpha value is -1.80. The Morgan fingerprint density at radius 3 is 2.52 bits per heavy atom. The summed E-state index contributed by atoms with van der Waals surface area (Å²) in [5.41, 5.74) is 7.65. The standard InChI is InChI=1S/C17H21N3O2.HI/c1-22-16-10-6-5-9-15(16)20-17(18)19-12-14(21)11-13-7-3-2-4-8-13;/h2-10,14,21H,11-12H2,1H3,(H3,18,19,20);1H. The van der Waals surface area contributed by atoms with Gasteiger partial charge in [0, 0.05) is 6.42 Å². The number of methoxy groups -OCH3 is 1. The van der Waals surface area contributed by atoms with Gasteiger partial charge in [0.2, 0.25) is 0 Å². The molecule has 0 aliphatic heterocycles. The van der Waals surface area contributed by atoms with Crippen molar-refractivity contribution in [2.24, 2.45) is 10.7 Å². The fourth-order valence-electron chi connectivity index (χ4n) is 2.08. The van der Waals surface area contributed by atoms with Crippen molar-refractivity contribution < 1.29 is 9.84 Å². The van der Waals surface area contributed by atoms with Crippen molar-refractivity contribution in [1.29, 1.82) is 0 Å². The molecule has 0 aromatic heterocycles. The third-order valence-electron chi connectivity index (χ3n) is 3.16. The number of halogens is 1. The highest BCUT2D eigenvalue weighted by Crippen LogP contribution is 2.22. The summed E-state index contributed by atoms with van der Waals surface area (Å²) in [5.74, 6) is 0.932. The van der Waals surface area contributed by atoms with Crippen LogP contribution < -0.4 is 15.8 Å². The van der Waals surface area contributed by atoms with Crippen LogP contribution in [-0.4, -0.2) is 30.8 Å². The molecule has 0 spiro atoms. The van der Waals surface area contributed by atoms with E-state index in [2.05, 4.69) is 10.3 Å². The van der Waals surface area contributed by atoms with E-state index in [0.717, 1.165) is 11.3 Å². The molecular formula is C17H22IN3O2. The molecule has 0 radical (unpaired) electrons. The first-order valence-corrected chi connectivity index (χ1v) is 7.11. The molecule has 5 nitrogen and oxygen atoms in total. The van der Waals surface area contributed by atoms with Gasteiger partial charge in [-0.05, 0) is 17.7 Å². The van der Waals surface area contributed by atoms with Crippen molar-refractivity contribution in [2.75, 3.05) is 19.0 Å². The molecule has 6 heteroatoms. The lowest BCUT2D eigenvalue weighted by Gasteiger charge is -2.11. The van der Waals surface area contributed by atoms with Crippen molar-refractivity contribution in [3.8, 4) is 5.75 Å². The number of hydrogen-bond donors (Lipinski definition) is 3. The second-order valence-electron chi connectivity index (χ2n) is 4.89. The molecule has 0 heterocycles. The van der Waals surface area contributed by atoms with E-state index in [1.165, 1.54) is 0 Å². The van der Waals surface area contributed by atoms with E-state index >= 15 is 0 Å². The van der Waals surface area contributed by atoms with Crippen LogP contribution >= 0.6 is 24.0 Å². The Kier molecular flexibility index (Phi) is 8.42. The number of ether oxygens (including phenoxy) is 1. The molecule has 0 fully saturated rings. The van der Waals surface area contributed by atoms with Crippen molar-refractivity contribution >= 4 is 35.6 Å². The molecule has 0 bridgehead atoms. The van der Waals surface area contributed by atoms with Gasteiger partial charge in [0.05, 0.1) is 25.4 Å².